The van der Waals surface area contributed by atoms with Crippen molar-refractivity contribution in [2.45, 2.75) is 0 Å². The van der Waals surface area contributed by atoms with E-state index >= 15 is 0 Å². The molecule has 30 heavy (non-hydrogen) atoms. The minimum Gasteiger partial charge on any atom is -0.478 e. The van der Waals surface area contributed by atoms with Crippen LogP contribution >= 0.6 is 0 Å². The van der Waals surface area contributed by atoms with Crippen LogP contribution in [-0.4, -0.2) is 47.3 Å². The monoisotopic (exact) mass is 402 g/mol. The van der Waals surface area contributed by atoms with E-state index < -0.39 is 5.97 Å². The maximum absolute atomic E-state index is 10.8. The minimum atomic E-state index is -0.978. The molecule has 0 bridgehead atoms. The molecule has 1 fully saturated rings. The highest BCUT2D eigenvalue weighted by Gasteiger charge is 2.19. The summed E-state index contributed by atoms with van der Waals surface area (Å²) in [6.07, 6.45) is 4.51. The summed E-state index contributed by atoms with van der Waals surface area (Å²) in [7, 11) is 0. The molecule has 0 aliphatic carbocycles. The van der Waals surface area contributed by atoms with Gasteiger partial charge in [0.05, 0.1) is 13.2 Å². The molecule has 2 heterocycles. The molecule has 0 unspecified atom stereocenters. The highest BCUT2D eigenvalue weighted by Crippen LogP contribution is 2.31. The Morgan fingerprint density at radius 1 is 1.10 bits per heavy atom. The van der Waals surface area contributed by atoms with Gasteiger partial charge in [-0.1, -0.05) is 36.4 Å². The second kappa shape index (κ2) is 9.19. The summed E-state index contributed by atoms with van der Waals surface area (Å²) in [5.41, 5.74) is 3.53. The lowest BCUT2D eigenvalue weighted by Gasteiger charge is -2.29. The lowest BCUT2D eigenvalue weighted by Crippen LogP contribution is -2.37. The molecule has 1 aliphatic heterocycles. The van der Waals surface area contributed by atoms with Crippen LogP contribution in [0.25, 0.3) is 17.2 Å². The SMILES string of the molecule is O=C(O)/C=C/c1cccc(-c2cnc(Nc3ccccc3)nc2N2CCOCC2)c1. The zero-order chi connectivity index (χ0) is 20.8. The fourth-order valence-electron chi connectivity index (χ4n) is 3.28. The highest BCUT2D eigenvalue weighted by molar-refractivity contribution is 5.86. The lowest BCUT2D eigenvalue weighted by atomic mass is 10.0. The van der Waals surface area contributed by atoms with Crippen LogP contribution in [0.5, 0.6) is 0 Å². The van der Waals surface area contributed by atoms with Gasteiger partial charge in [0.15, 0.2) is 0 Å². The number of carboxylic acid groups (broad SMARTS) is 1. The van der Waals surface area contributed by atoms with Gasteiger partial charge in [0.2, 0.25) is 5.95 Å². The first-order chi connectivity index (χ1) is 14.7. The summed E-state index contributed by atoms with van der Waals surface area (Å²) in [5.74, 6) is 0.369. The van der Waals surface area contributed by atoms with Gasteiger partial charge in [-0.3, -0.25) is 0 Å². The van der Waals surface area contributed by atoms with Crippen molar-refractivity contribution in [2.75, 3.05) is 36.5 Å². The highest BCUT2D eigenvalue weighted by atomic mass is 16.5. The summed E-state index contributed by atoms with van der Waals surface area (Å²) in [6.45, 7) is 2.78. The number of carbonyl (C=O) groups is 1. The van der Waals surface area contributed by atoms with Gasteiger partial charge in [0.1, 0.15) is 5.82 Å². The van der Waals surface area contributed by atoms with Gasteiger partial charge < -0.3 is 20.1 Å². The Kier molecular flexibility index (Phi) is 6.01. The predicted octanol–water partition coefficient (Wildman–Crippen LogP) is 3.82. The van der Waals surface area contributed by atoms with Crippen LogP contribution in [0.15, 0.2) is 66.9 Å². The quantitative estimate of drug-likeness (QED) is 0.606. The third-order valence-corrected chi connectivity index (χ3v) is 4.73. The van der Waals surface area contributed by atoms with Crippen molar-refractivity contribution in [3.8, 4) is 11.1 Å². The van der Waals surface area contributed by atoms with E-state index in [1.54, 1.807) is 6.08 Å². The third kappa shape index (κ3) is 4.82. The van der Waals surface area contributed by atoms with Gasteiger partial charge in [-0.2, -0.15) is 4.98 Å². The molecule has 1 saturated heterocycles. The fraction of sp³-hybridized carbons (Fsp3) is 0.174. The third-order valence-electron chi connectivity index (χ3n) is 4.73. The average Bonchev–Trinajstić information content (AvgIpc) is 2.79. The normalized spacial score (nSPS) is 14.1. The molecule has 0 amide bonds. The second-order valence-corrected chi connectivity index (χ2v) is 6.82. The van der Waals surface area contributed by atoms with Crippen molar-refractivity contribution >= 4 is 29.5 Å². The number of para-hydroxylation sites is 1. The van der Waals surface area contributed by atoms with E-state index in [1.807, 2.05) is 60.8 Å². The van der Waals surface area contributed by atoms with Crippen molar-refractivity contribution < 1.29 is 14.6 Å². The van der Waals surface area contributed by atoms with E-state index in [9.17, 15) is 4.79 Å². The summed E-state index contributed by atoms with van der Waals surface area (Å²) in [4.78, 5) is 22.4. The molecule has 1 aromatic heterocycles. The Bertz CT molecular complexity index is 1050. The number of hydrogen-bond acceptors (Lipinski definition) is 6. The molecule has 0 saturated carbocycles. The number of aliphatic carboxylic acids is 1. The van der Waals surface area contributed by atoms with Crippen LogP contribution in [0.4, 0.5) is 17.5 Å². The van der Waals surface area contributed by atoms with Crippen LogP contribution in [-0.2, 0) is 9.53 Å². The van der Waals surface area contributed by atoms with E-state index in [4.69, 9.17) is 14.8 Å². The molecule has 152 valence electrons. The van der Waals surface area contributed by atoms with Gasteiger partial charge >= 0.3 is 5.97 Å². The molecule has 0 radical (unpaired) electrons. The molecule has 7 nitrogen and oxygen atoms in total. The van der Waals surface area contributed by atoms with Crippen LogP contribution in [0, 0.1) is 0 Å². The number of hydrogen-bond donors (Lipinski definition) is 2. The average molecular weight is 402 g/mol. The summed E-state index contributed by atoms with van der Waals surface area (Å²) in [6, 6.07) is 17.5. The van der Waals surface area contributed by atoms with Crippen LogP contribution in [0.3, 0.4) is 0 Å². The molecule has 1 aliphatic rings. The van der Waals surface area contributed by atoms with Crippen molar-refractivity contribution in [2.24, 2.45) is 0 Å². The van der Waals surface area contributed by atoms with Crippen molar-refractivity contribution in [3.63, 3.8) is 0 Å². The van der Waals surface area contributed by atoms with Gasteiger partial charge in [-0.25, -0.2) is 9.78 Å². The Labute approximate surface area is 174 Å². The van der Waals surface area contributed by atoms with E-state index in [-0.39, 0.29) is 0 Å². The first-order valence-corrected chi connectivity index (χ1v) is 9.72. The maximum Gasteiger partial charge on any atom is 0.328 e. The number of ether oxygens (including phenoxy) is 1. The van der Waals surface area contributed by atoms with Crippen molar-refractivity contribution in [3.05, 3.63) is 72.4 Å². The molecule has 7 heteroatoms. The zero-order valence-electron chi connectivity index (χ0n) is 16.4. The summed E-state index contributed by atoms with van der Waals surface area (Å²) >= 11 is 0. The molecule has 0 atom stereocenters. The molecule has 3 aromatic rings. The Morgan fingerprint density at radius 3 is 2.67 bits per heavy atom. The van der Waals surface area contributed by atoms with Gasteiger partial charge in [-0.05, 0) is 35.4 Å². The standard InChI is InChI=1S/C23H22N4O3/c28-21(29)10-9-17-5-4-6-18(15-17)20-16-24-23(25-19-7-2-1-3-8-19)26-22(20)27-11-13-30-14-12-27/h1-10,15-16H,11-14H2,(H,28,29)(H,24,25,26)/b10-9+. The second-order valence-electron chi connectivity index (χ2n) is 6.82. The van der Waals surface area contributed by atoms with Gasteiger partial charge in [-0.15, -0.1) is 0 Å². The number of nitrogens with zero attached hydrogens (tertiary/aromatic N) is 3. The number of carboxylic acids is 1. The van der Waals surface area contributed by atoms with E-state index in [1.165, 1.54) is 0 Å². The number of anilines is 3. The van der Waals surface area contributed by atoms with E-state index in [0.717, 1.165) is 47.4 Å². The molecular formula is C23H22N4O3. The Morgan fingerprint density at radius 2 is 1.90 bits per heavy atom. The number of morpholine rings is 1. The first kappa shape index (κ1) is 19.6. The minimum absolute atomic E-state index is 0.522. The van der Waals surface area contributed by atoms with Crippen LogP contribution in [0.2, 0.25) is 0 Å². The van der Waals surface area contributed by atoms with E-state index in [2.05, 4.69) is 15.2 Å². The largest absolute Gasteiger partial charge is 0.478 e. The van der Waals surface area contributed by atoms with E-state index in [0.29, 0.717) is 19.2 Å². The number of aromatic nitrogens is 2. The summed E-state index contributed by atoms with van der Waals surface area (Å²) in [5, 5.41) is 12.1. The smallest absolute Gasteiger partial charge is 0.328 e. The number of nitrogens with one attached hydrogen (secondary N) is 1. The van der Waals surface area contributed by atoms with Gasteiger partial charge in [0, 0.05) is 36.6 Å². The Hall–Kier alpha value is -3.71. The topological polar surface area (TPSA) is 87.6 Å². The zero-order valence-corrected chi connectivity index (χ0v) is 16.4. The van der Waals surface area contributed by atoms with Crippen LogP contribution in [0.1, 0.15) is 5.56 Å². The van der Waals surface area contributed by atoms with Crippen molar-refractivity contribution in [1.29, 1.82) is 0 Å². The number of benzene rings is 2. The molecule has 2 N–H and O–H groups in total. The molecule has 2 aromatic carbocycles. The number of rotatable bonds is 6. The fourth-order valence-corrected chi connectivity index (χ4v) is 3.28. The lowest BCUT2D eigenvalue weighted by molar-refractivity contribution is -0.131. The molecular weight excluding hydrogens is 380 g/mol. The maximum atomic E-state index is 10.8. The Balaban J connectivity index is 1.71. The first-order valence-electron chi connectivity index (χ1n) is 9.72. The molecule has 0 spiro atoms. The predicted molar refractivity (Wildman–Crippen MR) is 117 cm³/mol. The van der Waals surface area contributed by atoms with Gasteiger partial charge in [0.25, 0.3) is 0 Å². The van der Waals surface area contributed by atoms with Crippen LogP contribution < -0.4 is 10.2 Å². The summed E-state index contributed by atoms with van der Waals surface area (Å²) < 4.78 is 5.50. The van der Waals surface area contributed by atoms with Crippen molar-refractivity contribution in [1.82, 2.24) is 9.97 Å². The molecule has 4 rings (SSSR count).